The van der Waals surface area contributed by atoms with E-state index in [1.807, 2.05) is 54.6 Å². The number of rotatable bonds is 3. The molecule has 100 valence electrons. The van der Waals surface area contributed by atoms with Gasteiger partial charge in [0.1, 0.15) is 5.75 Å². The van der Waals surface area contributed by atoms with Crippen LogP contribution in [-0.2, 0) is 4.79 Å². The summed E-state index contributed by atoms with van der Waals surface area (Å²) in [4.78, 5) is 13.9. The molecule has 20 heavy (non-hydrogen) atoms. The van der Waals surface area contributed by atoms with E-state index in [1.165, 1.54) is 0 Å². The summed E-state index contributed by atoms with van der Waals surface area (Å²) >= 11 is 0. The van der Waals surface area contributed by atoms with E-state index in [0.717, 1.165) is 17.0 Å². The maximum absolute atomic E-state index is 12.1. The van der Waals surface area contributed by atoms with Crippen molar-refractivity contribution in [2.24, 2.45) is 0 Å². The van der Waals surface area contributed by atoms with Crippen LogP contribution >= 0.6 is 0 Å². The molecule has 1 unspecified atom stereocenters. The van der Waals surface area contributed by atoms with E-state index >= 15 is 0 Å². The molecule has 1 aliphatic heterocycles. The number of β-lactam (4-membered cyclic amide) rings is 1. The molecule has 0 radical (unpaired) electrons. The zero-order valence-corrected chi connectivity index (χ0v) is 11.2. The van der Waals surface area contributed by atoms with Crippen molar-refractivity contribution >= 4 is 11.6 Å². The molecule has 2 aromatic rings. The number of hydrogen-bond donors (Lipinski definition) is 0. The van der Waals surface area contributed by atoms with Gasteiger partial charge in [-0.15, -0.1) is 0 Å². The Bertz CT molecular complexity index is 646. The fourth-order valence-electron chi connectivity index (χ4n) is 2.47. The van der Waals surface area contributed by atoms with Gasteiger partial charge in [-0.2, -0.15) is 0 Å². The number of ether oxygens (including phenoxy) is 1. The highest BCUT2D eigenvalue weighted by atomic mass is 16.5. The molecule has 0 spiro atoms. The van der Waals surface area contributed by atoms with E-state index in [4.69, 9.17) is 4.74 Å². The summed E-state index contributed by atoms with van der Waals surface area (Å²) in [6.45, 7) is 3.89. The minimum atomic E-state index is -0.0721. The van der Waals surface area contributed by atoms with E-state index in [1.54, 1.807) is 12.0 Å². The number of methoxy groups -OCH3 is 1. The first-order valence-electron chi connectivity index (χ1n) is 6.43. The molecule has 1 atom stereocenters. The third-order valence-corrected chi connectivity index (χ3v) is 3.55. The third kappa shape index (κ3) is 1.88. The van der Waals surface area contributed by atoms with Crippen LogP contribution in [0.5, 0.6) is 5.75 Å². The number of carbonyl (C=O) groups is 1. The molecule has 0 bridgehead atoms. The van der Waals surface area contributed by atoms with Crippen molar-refractivity contribution in [3.63, 3.8) is 0 Å². The average molecular weight is 265 g/mol. The summed E-state index contributed by atoms with van der Waals surface area (Å²) in [5, 5.41) is 0. The predicted molar refractivity (Wildman–Crippen MR) is 78.8 cm³/mol. The first kappa shape index (κ1) is 12.5. The number of amides is 1. The van der Waals surface area contributed by atoms with E-state index in [-0.39, 0.29) is 11.9 Å². The number of nitrogens with zero attached hydrogens (tertiary/aromatic N) is 1. The summed E-state index contributed by atoms with van der Waals surface area (Å²) < 4.78 is 5.14. The Balaban J connectivity index is 1.94. The standard InChI is InChI=1S/C17H15NO2/c1-12-16(13-6-4-3-5-7-13)18(17(12)19)14-8-10-15(20-2)11-9-14/h3-11,16H,1H2,2H3. The smallest absolute Gasteiger partial charge is 0.256 e. The van der Waals surface area contributed by atoms with Crippen LogP contribution in [0.3, 0.4) is 0 Å². The second kappa shape index (κ2) is 4.85. The van der Waals surface area contributed by atoms with Gasteiger partial charge in [0.15, 0.2) is 0 Å². The number of hydrogen-bond acceptors (Lipinski definition) is 2. The van der Waals surface area contributed by atoms with Gasteiger partial charge in [-0.25, -0.2) is 0 Å². The fourth-order valence-corrected chi connectivity index (χ4v) is 2.47. The Morgan fingerprint density at radius 2 is 1.70 bits per heavy atom. The quantitative estimate of drug-likeness (QED) is 0.629. The maximum atomic E-state index is 12.1. The van der Waals surface area contributed by atoms with Crippen LogP contribution < -0.4 is 9.64 Å². The topological polar surface area (TPSA) is 29.5 Å². The van der Waals surface area contributed by atoms with Crippen LogP contribution in [0.2, 0.25) is 0 Å². The van der Waals surface area contributed by atoms with Crippen LogP contribution in [0.25, 0.3) is 0 Å². The Kier molecular flexibility index (Phi) is 3.03. The molecule has 2 aromatic carbocycles. The Hall–Kier alpha value is -2.55. The van der Waals surface area contributed by atoms with Crippen molar-refractivity contribution in [3.8, 4) is 5.75 Å². The third-order valence-electron chi connectivity index (χ3n) is 3.55. The maximum Gasteiger partial charge on any atom is 0.256 e. The first-order chi connectivity index (χ1) is 9.72. The van der Waals surface area contributed by atoms with Crippen molar-refractivity contribution < 1.29 is 9.53 Å². The van der Waals surface area contributed by atoms with Gasteiger partial charge in [0.05, 0.1) is 13.2 Å². The molecule has 3 rings (SSSR count). The molecule has 0 aromatic heterocycles. The summed E-state index contributed by atoms with van der Waals surface area (Å²) in [5.74, 6) is 0.751. The SMILES string of the molecule is C=C1C(=O)N(c2ccc(OC)cc2)C1c1ccccc1. The number of carbonyl (C=O) groups excluding carboxylic acids is 1. The lowest BCUT2D eigenvalue weighted by atomic mass is 9.88. The summed E-state index contributed by atoms with van der Waals surface area (Å²) in [5.41, 5.74) is 2.57. The predicted octanol–water partition coefficient (Wildman–Crippen LogP) is 3.34. The first-order valence-corrected chi connectivity index (χ1v) is 6.43. The zero-order valence-electron chi connectivity index (χ0n) is 11.2. The molecular formula is C17H15NO2. The van der Waals surface area contributed by atoms with Gasteiger partial charge in [-0.3, -0.25) is 9.69 Å². The largest absolute Gasteiger partial charge is 0.497 e. The monoisotopic (exact) mass is 265 g/mol. The van der Waals surface area contributed by atoms with Gasteiger partial charge in [-0.05, 0) is 29.8 Å². The Labute approximate surface area is 118 Å². The van der Waals surface area contributed by atoms with Crippen LogP contribution in [0, 0.1) is 0 Å². The molecule has 1 saturated heterocycles. The normalized spacial score (nSPS) is 17.9. The van der Waals surface area contributed by atoms with Gasteiger partial charge < -0.3 is 4.74 Å². The van der Waals surface area contributed by atoms with Crippen LogP contribution in [-0.4, -0.2) is 13.0 Å². The lowest BCUT2D eigenvalue weighted by Crippen LogP contribution is -2.48. The second-order valence-electron chi connectivity index (χ2n) is 4.71. The van der Waals surface area contributed by atoms with Crippen LogP contribution in [0.4, 0.5) is 5.69 Å². The molecule has 3 heteroatoms. The van der Waals surface area contributed by atoms with Crippen LogP contribution in [0.1, 0.15) is 11.6 Å². The fraction of sp³-hybridized carbons (Fsp3) is 0.118. The lowest BCUT2D eigenvalue weighted by Gasteiger charge is -2.42. The molecule has 1 amide bonds. The van der Waals surface area contributed by atoms with Gasteiger partial charge in [0.25, 0.3) is 5.91 Å². The second-order valence-corrected chi connectivity index (χ2v) is 4.71. The Morgan fingerprint density at radius 1 is 1.05 bits per heavy atom. The number of anilines is 1. The van der Waals surface area contributed by atoms with Gasteiger partial charge in [-0.1, -0.05) is 36.9 Å². The van der Waals surface area contributed by atoms with E-state index in [0.29, 0.717) is 5.57 Å². The molecular weight excluding hydrogens is 250 g/mol. The molecule has 0 aliphatic carbocycles. The minimum absolute atomic E-state index is 0.0241. The van der Waals surface area contributed by atoms with Crippen molar-refractivity contribution in [1.82, 2.24) is 0 Å². The van der Waals surface area contributed by atoms with Crippen LogP contribution in [0.15, 0.2) is 66.7 Å². The number of benzene rings is 2. The minimum Gasteiger partial charge on any atom is -0.497 e. The lowest BCUT2D eigenvalue weighted by molar-refractivity contribution is -0.118. The molecule has 1 fully saturated rings. The zero-order chi connectivity index (χ0) is 14.1. The highest BCUT2D eigenvalue weighted by Gasteiger charge is 2.42. The van der Waals surface area contributed by atoms with E-state index in [2.05, 4.69) is 6.58 Å². The highest BCUT2D eigenvalue weighted by Crippen LogP contribution is 2.42. The summed E-state index contributed by atoms with van der Waals surface area (Å²) in [7, 11) is 1.62. The summed E-state index contributed by atoms with van der Waals surface area (Å²) in [6, 6.07) is 17.3. The molecule has 0 saturated carbocycles. The van der Waals surface area contributed by atoms with Crippen molar-refractivity contribution in [2.45, 2.75) is 6.04 Å². The molecule has 1 aliphatic rings. The van der Waals surface area contributed by atoms with Gasteiger partial charge >= 0.3 is 0 Å². The van der Waals surface area contributed by atoms with E-state index in [9.17, 15) is 4.79 Å². The molecule has 0 N–H and O–H groups in total. The Morgan fingerprint density at radius 3 is 2.30 bits per heavy atom. The van der Waals surface area contributed by atoms with E-state index < -0.39 is 0 Å². The molecule has 3 nitrogen and oxygen atoms in total. The van der Waals surface area contributed by atoms with Crippen molar-refractivity contribution in [2.75, 3.05) is 12.0 Å². The van der Waals surface area contributed by atoms with Gasteiger partial charge in [0.2, 0.25) is 0 Å². The summed E-state index contributed by atoms with van der Waals surface area (Å²) in [6.07, 6.45) is 0. The van der Waals surface area contributed by atoms with Crippen molar-refractivity contribution in [3.05, 3.63) is 72.3 Å². The average Bonchev–Trinajstić information content (AvgIpc) is 2.52. The van der Waals surface area contributed by atoms with Gasteiger partial charge in [0, 0.05) is 11.3 Å². The highest BCUT2D eigenvalue weighted by molar-refractivity contribution is 6.15. The van der Waals surface area contributed by atoms with Crippen molar-refractivity contribution in [1.29, 1.82) is 0 Å². The molecule has 1 heterocycles.